The molecule has 0 fully saturated rings. The summed E-state index contributed by atoms with van der Waals surface area (Å²) >= 11 is 5.87. The van der Waals surface area contributed by atoms with Gasteiger partial charge in [-0.05, 0) is 43.8 Å². The molecule has 1 aromatic heterocycles. The van der Waals surface area contributed by atoms with Crippen LogP contribution < -0.4 is 5.32 Å². The summed E-state index contributed by atoms with van der Waals surface area (Å²) in [4.78, 5) is 0. The third-order valence-electron chi connectivity index (χ3n) is 2.76. The molecule has 0 bridgehead atoms. The molecule has 1 aromatic carbocycles. The first-order valence-corrected chi connectivity index (χ1v) is 6.28. The fraction of sp³-hybridized carbons (Fsp3) is 0.286. The Hall–Kier alpha value is -1.32. The van der Waals surface area contributed by atoms with Gasteiger partial charge in [0.1, 0.15) is 17.3 Å². The predicted molar refractivity (Wildman–Crippen MR) is 71.2 cm³/mol. The van der Waals surface area contributed by atoms with Crippen molar-refractivity contribution in [1.29, 1.82) is 0 Å². The maximum absolute atomic E-state index is 13.7. The lowest BCUT2D eigenvalue weighted by atomic mass is 10.1. The first-order chi connectivity index (χ1) is 8.61. The van der Waals surface area contributed by atoms with Crippen LogP contribution >= 0.6 is 11.6 Å². The Balaban J connectivity index is 2.32. The van der Waals surface area contributed by atoms with Gasteiger partial charge in [0.15, 0.2) is 0 Å². The van der Waals surface area contributed by atoms with E-state index in [0.717, 1.165) is 12.3 Å². The second kappa shape index (κ2) is 5.55. The van der Waals surface area contributed by atoms with E-state index in [4.69, 9.17) is 16.0 Å². The Bertz CT molecular complexity index is 538. The molecular formula is C14H15ClFNO. The Labute approximate surface area is 111 Å². The van der Waals surface area contributed by atoms with Gasteiger partial charge >= 0.3 is 0 Å². The number of nitrogens with one attached hydrogen (secondary N) is 1. The first-order valence-electron chi connectivity index (χ1n) is 5.90. The van der Waals surface area contributed by atoms with Gasteiger partial charge < -0.3 is 9.73 Å². The van der Waals surface area contributed by atoms with Gasteiger partial charge in [-0.15, -0.1) is 0 Å². The minimum atomic E-state index is -0.337. The van der Waals surface area contributed by atoms with Crippen LogP contribution in [0.15, 0.2) is 34.7 Å². The number of furan rings is 1. The third kappa shape index (κ3) is 2.74. The lowest BCUT2D eigenvalue weighted by Gasteiger charge is -2.08. The van der Waals surface area contributed by atoms with Crippen molar-refractivity contribution >= 4 is 11.6 Å². The van der Waals surface area contributed by atoms with Crippen LogP contribution in [-0.2, 0) is 0 Å². The number of benzene rings is 1. The van der Waals surface area contributed by atoms with Crippen LogP contribution in [0.25, 0.3) is 11.3 Å². The van der Waals surface area contributed by atoms with Crippen molar-refractivity contribution < 1.29 is 8.81 Å². The van der Waals surface area contributed by atoms with E-state index in [1.54, 1.807) is 12.1 Å². The molecular weight excluding hydrogens is 253 g/mol. The van der Waals surface area contributed by atoms with Crippen LogP contribution in [0.5, 0.6) is 0 Å². The van der Waals surface area contributed by atoms with E-state index in [0.29, 0.717) is 16.3 Å². The van der Waals surface area contributed by atoms with E-state index in [9.17, 15) is 4.39 Å². The summed E-state index contributed by atoms with van der Waals surface area (Å²) in [7, 11) is 0. The number of halogens is 2. The van der Waals surface area contributed by atoms with Crippen molar-refractivity contribution in [1.82, 2.24) is 5.32 Å². The molecule has 96 valence electrons. The average Bonchev–Trinajstić information content (AvgIpc) is 2.82. The molecule has 1 unspecified atom stereocenters. The summed E-state index contributed by atoms with van der Waals surface area (Å²) < 4.78 is 19.3. The number of hydrogen-bond acceptors (Lipinski definition) is 2. The normalized spacial score (nSPS) is 12.7. The van der Waals surface area contributed by atoms with E-state index >= 15 is 0 Å². The second-order valence-electron chi connectivity index (χ2n) is 4.11. The molecule has 0 aliphatic carbocycles. The van der Waals surface area contributed by atoms with E-state index in [-0.39, 0.29) is 11.9 Å². The zero-order valence-electron chi connectivity index (χ0n) is 10.3. The van der Waals surface area contributed by atoms with Gasteiger partial charge in [0.2, 0.25) is 0 Å². The maximum atomic E-state index is 13.7. The SMILES string of the molecule is CCNC(C)c1ccc(-c2cc(Cl)ccc2F)o1. The lowest BCUT2D eigenvalue weighted by molar-refractivity contribution is 0.443. The molecule has 0 aliphatic heterocycles. The van der Waals surface area contributed by atoms with Gasteiger partial charge in [-0.1, -0.05) is 18.5 Å². The predicted octanol–water partition coefficient (Wildman–Crippen LogP) is 4.41. The van der Waals surface area contributed by atoms with E-state index in [2.05, 4.69) is 5.32 Å². The topological polar surface area (TPSA) is 25.2 Å². The lowest BCUT2D eigenvalue weighted by Crippen LogP contribution is -2.16. The highest BCUT2D eigenvalue weighted by molar-refractivity contribution is 6.30. The van der Waals surface area contributed by atoms with Crippen molar-refractivity contribution in [2.45, 2.75) is 19.9 Å². The molecule has 2 aromatic rings. The monoisotopic (exact) mass is 267 g/mol. The molecule has 0 radical (unpaired) electrons. The average molecular weight is 268 g/mol. The Morgan fingerprint density at radius 1 is 1.33 bits per heavy atom. The van der Waals surface area contributed by atoms with Crippen LogP contribution in [0.3, 0.4) is 0 Å². The zero-order valence-corrected chi connectivity index (χ0v) is 11.1. The van der Waals surface area contributed by atoms with Crippen molar-refractivity contribution in [3.8, 4) is 11.3 Å². The first kappa shape index (κ1) is 13.1. The van der Waals surface area contributed by atoms with Gasteiger partial charge in [0, 0.05) is 5.02 Å². The number of rotatable bonds is 4. The molecule has 2 rings (SSSR count). The van der Waals surface area contributed by atoms with Crippen LogP contribution in [0.1, 0.15) is 25.6 Å². The van der Waals surface area contributed by atoms with E-state index in [1.807, 2.05) is 19.9 Å². The third-order valence-corrected chi connectivity index (χ3v) is 2.99. The van der Waals surface area contributed by atoms with E-state index < -0.39 is 0 Å². The van der Waals surface area contributed by atoms with Crippen molar-refractivity contribution in [2.24, 2.45) is 0 Å². The van der Waals surface area contributed by atoms with Crippen molar-refractivity contribution in [3.63, 3.8) is 0 Å². The fourth-order valence-electron chi connectivity index (χ4n) is 1.82. The molecule has 4 heteroatoms. The molecule has 18 heavy (non-hydrogen) atoms. The molecule has 0 amide bonds. The van der Waals surface area contributed by atoms with Crippen molar-refractivity contribution in [3.05, 3.63) is 46.9 Å². The summed E-state index contributed by atoms with van der Waals surface area (Å²) in [5.74, 6) is 0.942. The molecule has 1 N–H and O–H groups in total. The van der Waals surface area contributed by atoms with Crippen LogP contribution in [0, 0.1) is 5.82 Å². The summed E-state index contributed by atoms with van der Waals surface area (Å²) in [6.45, 7) is 4.88. The molecule has 0 aliphatic rings. The second-order valence-corrected chi connectivity index (χ2v) is 4.54. The summed E-state index contributed by atoms with van der Waals surface area (Å²) in [6, 6.07) is 8.14. The summed E-state index contributed by atoms with van der Waals surface area (Å²) in [5, 5.41) is 3.73. The van der Waals surface area contributed by atoms with Gasteiger partial charge in [0.25, 0.3) is 0 Å². The number of hydrogen-bond donors (Lipinski definition) is 1. The maximum Gasteiger partial charge on any atom is 0.137 e. The molecule has 1 atom stereocenters. The highest BCUT2D eigenvalue weighted by Gasteiger charge is 2.13. The molecule has 0 saturated carbocycles. The highest BCUT2D eigenvalue weighted by Crippen LogP contribution is 2.29. The summed E-state index contributed by atoms with van der Waals surface area (Å²) in [5.41, 5.74) is 0.387. The minimum Gasteiger partial charge on any atom is -0.459 e. The van der Waals surface area contributed by atoms with Crippen LogP contribution in [0.4, 0.5) is 4.39 Å². The Morgan fingerprint density at radius 3 is 2.83 bits per heavy atom. The van der Waals surface area contributed by atoms with Gasteiger partial charge in [0.05, 0.1) is 11.6 Å². The smallest absolute Gasteiger partial charge is 0.137 e. The van der Waals surface area contributed by atoms with Crippen LogP contribution in [-0.4, -0.2) is 6.54 Å². The van der Waals surface area contributed by atoms with Gasteiger partial charge in [-0.25, -0.2) is 4.39 Å². The van der Waals surface area contributed by atoms with Crippen molar-refractivity contribution in [2.75, 3.05) is 6.54 Å². The minimum absolute atomic E-state index is 0.103. The zero-order chi connectivity index (χ0) is 13.1. The Kier molecular flexibility index (Phi) is 4.04. The molecule has 0 spiro atoms. The van der Waals surface area contributed by atoms with Crippen LogP contribution in [0.2, 0.25) is 5.02 Å². The van der Waals surface area contributed by atoms with Gasteiger partial charge in [-0.2, -0.15) is 0 Å². The van der Waals surface area contributed by atoms with E-state index in [1.165, 1.54) is 12.1 Å². The molecule has 0 saturated heterocycles. The van der Waals surface area contributed by atoms with Gasteiger partial charge in [-0.3, -0.25) is 0 Å². The largest absolute Gasteiger partial charge is 0.459 e. The molecule has 1 heterocycles. The summed E-state index contributed by atoms with van der Waals surface area (Å²) in [6.07, 6.45) is 0. The standard InChI is InChI=1S/C14H15ClFNO/c1-3-17-9(2)13-6-7-14(18-13)11-8-10(15)4-5-12(11)16/h4-9,17H,3H2,1-2H3. The Morgan fingerprint density at radius 2 is 2.11 bits per heavy atom. The molecule has 2 nitrogen and oxygen atoms in total. The quantitative estimate of drug-likeness (QED) is 0.888. The fourth-order valence-corrected chi connectivity index (χ4v) is 2.00. The highest BCUT2D eigenvalue weighted by atomic mass is 35.5.